The van der Waals surface area contributed by atoms with E-state index in [1.54, 1.807) is 44.7 Å². The molecule has 0 unspecified atom stereocenters. The minimum absolute atomic E-state index is 0. The molecule has 457 valence electrons. The maximum Gasteiger partial charge on any atom is 1.00 e. The van der Waals surface area contributed by atoms with E-state index in [0.717, 1.165) is 30.3 Å². The van der Waals surface area contributed by atoms with Crippen molar-refractivity contribution in [1.82, 2.24) is 9.97 Å². The van der Waals surface area contributed by atoms with E-state index >= 15 is 0 Å². The molecule has 0 atom stereocenters. The van der Waals surface area contributed by atoms with Gasteiger partial charge in [-0.05, 0) is 131 Å². The van der Waals surface area contributed by atoms with Crippen LogP contribution < -0.4 is 27.7 Å². The molecule has 81 heavy (non-hydrogen) atoms. The molecule has 1 aromatic heterocycles. The molecule has 1 aliphatic rings. The summed E-state index contributed by atoms with van der Waals surface area (Å²) in [5.41, 5.74) is 6.45. The normalized spacial score (nSPS) is 12.2. The second-order valence-electron chi connectivity index (χ2n) is 21.9. The number of carbonyl (C=O) groups is 2. The van der Waals surface area contributed by atoms with Gasteiger partial charge in [0.15, 0.2) is 7.38 Å². The topological polar surface area (TPSA) is 149 Å². The second kappa shape index (κ2) is 44.1. The molecular weight excluding hydrogens is 1160 g/mol. The first-order chi connectivity index (χ1) is 37.3. The van der Waals surface area contributed by atoms with E-state index in [-0.39, 0.29) is 51.6 Å². The van der Waals surface area contributed by atoms with Crippen LogP contribution in [0.3, 0.4) is 0 Å². The standard InChI is InChI=1S/C18H29ClO3Si.C16H27ClO2Si.C9H9ClO3.C9H21ClSi.C4H8O.C3H4N2.CH3F.B.Li.H/c1-8-21-18(20)16-10-9-15(11-17(16)19)22-23(12(2)3,13(4)5)14(6)7;1-11(2)20(12(3)4,13(5)6)19-15-8-7-14(10-18)16(17)9-15;1-2-13-9(12)7-4-3-6(11)5-8(7)10;1-7(2)11(10,8(3)4)9(5)6;1-2-4-5-3-1;1-2-5-3-4-1;1-2;;;/h9-14H,8H2,1-7H3;7-9,11-13,18H,10H2,1-6H3;3-5,11H,2H2,1H3;7-9H,1-6H3;1-4H2;1-3H,(H,4,5);1H3;;;/q;;;;;;;;+1;-1/i;;;;;;1D;;;. The average molecular weight is 1260 g/mol. The van der Waals surface area contributed by atoms with E-state index < -0.39 is 43.1 Å². The molecule has 11 nitrogen and oxygen atoms in total. The zero-order chi connectivity index (χ0) is 62.1. The van der Waals surface area contributed by atoms with Gasteiger partial charge in [0.05, 0.1) is 55.8 Å². The van der Waals surface area contributed by atoms with Crippen LogP contribution in [0.1, 0.15) is 180 Å². The first kappa shape index (κ1) is 82.7. The van der Waals surface area contributed by atoms with Crippen molar-refractivity contribution in [3.05, 3.63) is 105 Å². The molecular formula is C60H102BCl4FLiN2O9Si3. The minimum Gasteiger partial charge on any atom is -1.00 e. The molecule has 1 aliphatic heterocycles. The maximum atomic E-state index is 11.8. The van der Waals surface area contributed by atoms with E-state index in [4.69, 9.17) is 75.4 Å². The number of aromatic nitrogens is 2. The zero-order valence-electron chi connectivity index (χ0n) is 54.9. The van der Waals surface area contributed by atoms with Crippen molar-refractivity contribution in [1.29, 1.82) is 0 Å². The van der Waals surface area contributed by atoms with Gasteiger partial charge in [0, 0.05) is 39.0 Å². The van der Waals surface area contributed by atoms with Crippen molar-refractivity contribution < 1.29 is 68.9 Å². The Kier molecular flexibility index (Phi) is 45.0. The van der Waals surface area contributed by atoms with Crippen molar-refractivity contribution in [2.45, 2.75) is 208 Å². The van der Waals surface area contributed by atoms with Gasteiger partial charge in [-0.15, -0.1) is 0 Å². The zero-order valence-corrected chi connectivity index (χ0v) is 59.0. The van der Waals surface area contributed by atoms with Crippen LogP contribution in [0.25, 0.3) is 0 Å². The van der Waals surface area contributed by atoms with Gasteiger partial charge >= 0.3 is 30.8 Å². The number of aliphatic hydroxyl groups excluding tert-OH is 1. The van der Waals surface area contributed by atoms with Crippen molar-refractivity contribution in [2.24, 2.45) is 0 Å². The average Bonchev–Trinajstić information content (AvgIpc) is 4.17. The Morgan fingerprint density at radius 2 is 1.01 bits per heavy atom. The number of hydrogen-bond donors (Lipinski definition) is 3. The van der Waals surface area contributed by atoms with Gasteiger partial charge in [0.25, 0.3) is 16.6 Å². The van der Waals surface area contributed by atoms with Crippen LogP contribution in [0, 0.1) is 0 Å². The fourth-order valence-corrected chi connectivity index (χ4v) is 25.6. The summed E-state index contributed by atoms with van der Waals surface area (Å²) in [7, 11) is -6.48. The van der Waals surface area contributed by atoms with Crippen LogP contribution in [-0.2, 0) is 20.8 Å². The Hall–Kier alpha value is -2.47. The number of aliphatic hydroxyl groups is 1. The quantitative estimate of drug-likeness (QED) is 0.0499. The van der Waals surface area contributed by atoms with Gasteiger partial charge in [-0.2, -0.15) is 11.1 Å². The third-order valence-corrected chi connectivity index (χ3v) is 36.2. The summed E-state index contributed by atoms with van der Waals surface area (Å²) in [5, 5.41) is 19.3. The largest absolute Gasteiger partial charge is 1.00 e. The van der Waals surface area contributed by atoms with E-state index in [9.17, 15) is 19.1 Å². The van der Waals surface area contributed by atoms with Crippen molar-refractivity contribution in [3.8, 4) is 17.2 Å². The monoisotopic (exact) mass is 1260 g/mol. The predicted molar refractivity (Wildman–Crippen MR) is 347 cm³/mol. The van der Waals surface area contributed by atoms with E-state index in [1.807, 2.05) is 24.3 Å². The van der Waals surface area contributed by atoms with Gasteiger partial charge in [-0.25, -0.2) is 14.6 Å². The first-order valence-electron chi connectivity index (χ1n) is 28.5. The summed E-state index contributed by atoms with van der Waals surface area (Å²) in [4.78, 5) is 29.5. The van der Waals surface area contributed by atoms with Crippen LogP contribution in [0.5, 0.6) is 17.2 Å². The number of carbonyl (C=O) groups excluding carboxylic acids is 2. The molecule has 3 aromatic carbocycles. The van der Waals surface area contributed by atoms with Crippen molar-refractivity contribution in [2.75, 3.05) is 33.6 Å². The molecule has 0 aliphatic carbocycles. The number of nitrogens with one attached hydrogen (secondary N) is 1. The van der Waals surface area contributed by atoms with Gasteiger partial charge in [0.1, 0.15) is 17.2 Å². The molecule has 1 fully saturated rings. The Morgan fingerprint density at radius 1 is 0.654 bits per heavy atom. The Bertz CT molecular complexity index is 2220. The number of benzene rings is 3. The summed E-state index contributed by atoms with van der Waals surface area (Å²) < 4.78 is 43.3. The number of alkyl halides is 1. The number of ether oxygens (including phenoxy) is 3. The van der Waals surface area contributed by atoms with E-state index in [0.29, 0.717) is 78.7 Å². The van der Waals surface area contributed by atoms with Gasteiger partial charge in [0.2, 0.25) is 0 Å². The summed E-state index contributed by atoms with van der Waals surface area (Å²) in [5.74, 6) is 0.718. The fourth-order valence-electron chi connectivity index (χ4n) is 10.4. The third kappa shape index (κ3) is 27.6. The molecule has 21 heteroatoms. The van der Waals surface area contributed by atoms with Gasteiger partial charge in [-0.1, -0.05) is 165 Å². The molecule has 3 N–H and O–H groups in total. The Labute approximate surface area is 529 Å². The SMILES string of the molecule is C1CCOC1.CC(C)[Si](Cl)(C(C)C)C(C)C.CC(C)[Si](Oc1ccc(CO)c(Cl)c1)(C(C)C)C(C)C.CCOC(=O)c1ccc(O)cc1Cl.CCOC(=O)c1ccc(O[Si](C(C)C)(C(C)C)C(C)C)cc1Cl.[2H]CF.[B].[H-].[Li+].c1c[nH]cn1. The van der Waals surface area contributed by atoms with Crippen LogP contribution in [-0.4, -0.2) is 98.1 Å². The first-order valence-corrected chi connectivity index (χ1v) is 36.4. The molecule has 0 bridgehead atoms. The molecule has 5 rings (SSSR count). The fraction of sp³-hybridized carbons (Fsp3) is 0.617. The molecule has 2 heterocycles. The number of rotatable bonds is 18. The van der Waals surface area contributed by atoms with Crippen LogP contribution in [0.4, 0.5) is 4.39 Å². The van der Waals surface area contributed by atoms with Crippen molar-refractivity contribution in [3.63, 3.8) is 0 Å². The van der Waals surface area contributed by atoms with Crippen molar-refractivity contribution >= 4 is 90.3 Å². The molecule has 1 saturated heterocycles. The number of nitrogens with zero attached hydrogens (tertiary/aromatic N) is 1. The van der Waals surface area contributed by atoms with Crippen LogP contribution in [0.2, 0.25) is 64.9 Å². The molecule has 0 spiro atoms. The van der Waals surface area contributed by atoms with Crippen LogP contribution in [0.15, 0.2) is 73.3 Å². The maximum absolute atomic E-state index is 11.8. The van der Waals surface area contributed by atoms with Crippen LogP contribution >= 0.6 is 45.9 Å². The number of esters is 2. The van der Waals surface area contributed by atoms with Gasteiger partial charge < -0.3 is 39.7 Å². The number of hydrogen-bond acceptors (Lipinski definition) is 10. The molecule has 4 aromatic rings. The van der Waals surface area contributed by atoms with E-state index in [2.05, 4.69) is 135 Å². The number of aromatic amines is 1. The molecule has 3 radical (unpaired) electrons. The van der Waals surface area contributed by atoms with E-state index in [1.165, 1.54) is 31.0 Å². The Balaban J connectivity index is -0.000000306. The number of phenolic OH excluding ortho intramolecular Hbond substituents is 1. The summed E-state index contributed by atoms with van der Waals surface area (Å²) in [6, 6.07) is 15.0. The number of imidazole rings is 1. The predicted octanol–water partition coefficient (Wildman–Crippen LogP) is 16.6. The van der Waals surface area contributed by atoms with Gasteiger partial charge in [-0.3, -0.25) is 4.39 Å². The Morgan fingerprint density at radius 3 is 1.25 bits per heavy atom. The number of halogens is 5. The number of H-pyrrole nitrogens is 1. The summed E-state index contributed by atoms with van der Waals surface area (Å²) in [6.07, 6.45) is 7.64. The number of phenols is 1. The third-order valence-electron chi connectivity index (χ3n) is 14.0. The molecule has 0 saturated carbocycles. The smallest absolute Gasteiger partial charge is 1.00 e. The summed E-state index contributed by atoms with van der Waals surface area (Å²) in [6.45, 7) is 46.6. The second-order valence-corrected chi connectivity index (χ2v) is 40.9. The summed E-state index contributed by atoms with van der Waals surface area (Å²) >= 11 is 24.8. The minimum atomic E-state index is -2.03. The molecule has 0 amide bonds. The number of aromatic hydroxyl groups is 1.